The number of rotatable bonds is 4. The first-order valence-corrected chi connectivity index (χ1v) is 16.3. The maximum absolute atomic E-state index is 13.2. The number of aliphatic hydroxyl groups excluding tert-OH is 1. The number of benzene rings is 5. The molecule has 4 amide bonds. The fraction of sp³-hybridized carbons (Fsp3) is 0.150. The zero-order chi connectivity index (χ0) is 36.1. The third-order valence-corrected chi connectivity index (χ3v) is 8.64. The van der Waals surface area contributed by atoms with Gasteiger partial charge >= 0.3 is 53.6 Å². The molecular weight excluding hydrogens is 687 g/mol. The molecule has 13 heteroatoms. The molecule has 0 aliphatic carbocycles. The number of nitrogens with zero attached hydrogens (tertiary/aromatic N) is 2. The summed E-state index contributed by atoms with van der Waals surface area (Å²) >= 11 is 0. The Kier molecular flexibility index (Phi) is 13.5. The first-order valence-electron chi connectivity index (χ1n) is 16.3. The Balaban J connectivity index is 0.000000256. The maximum Gasteiger partial charge on any atom is 1.00 e. The largest absolute Gasteiger partial charge is 1.00 e. The number of ether oxygens (including phenoxy) is 2. The van der Waals surface area contributed by atoms with Crippen molar-refractivity contribution in [2.75, 3.05) is 9.80 Å². The van der Waals surface area contributed by atoms with Gasteiger partial charge in [0.25, 0.3) is 0 Å². The van der Waals surface area contributed by atoms with Crippen LogP contribution < -0.4 is 50.8 Å². The third kappa shape index (κ3) is 8.76. The second kappa shape index (κ2) is 17.8. The van der Waals surface area contributed by atoms with Crippen LogP contribution in [0.3, 0.4) is 0 Å². The molecule has 2 heterocycles. The standard InChI is InChI=1S/C25H22N2O5.C15H14N2O2.Na.H2O/c1-16(28)31-23(17-9-3-2-4-10-17)24(29)32-22-15-18-11-5-7-13-20(18)27(25(26)30)21-14-8-6-12-19(21)22;16-15(19)17-12-7-3-1-5-10(12)9-14(18)11-6-2-4-8-13(11)17;;/h2-14,22-23H,15H2,1H3,(H2,26,30);1-8,14,18H,9H2,(H2,16,19);;1H2/q;;+1;/p-1/t22-,23+;14-;;/m00../s1. The zero-order valence-corrected chi connectivity index (χ0v) is 31.2. The number of aliphatic hydroxyl groups is 1. The van der Waals surface area contributed by atoms with Gasteiger partial charge in [-0.25, -0.2) is 14.4 Å². The van der Waals surface area contributed by atoms with E-state index in [4.69, 9.17) is 20.9 Å². The van der Waals surface area contributed by atoms with Crippen LogP contribution in [0, 0.1) is 0 Å². The van der Waals surface area contributed by atoms with E-state index in [1.54, 1.807) is 66.7 Å². The smallest absolute Gasteiger partial charge is 0.870 e. The van der Waals surface area contributed by atoms with Gasteiger partial charge in [-0.3, -0.25) is 14.6 Å². The molecule has 2 aliphatic heterocycles. The van der Waals surface area contributed by atoms with Gasteiger partial charge in [-0.05, 0) is 35.4 Å². The molecule has 2 aliphatic rings. The number of hydrogen-bond acceptors (Lipinski definition) is 8. The molecule has 266 valence electrons. The predicted octanol–water partition coefficient (Wildman–Crippen LogP) is 3.67. The summed E-state index contributed by atoms with van der Waals surface area (Å²) in [6.07, 6.45) is -1.76. The van der Waals surface area contributed by atoms with Crippen LogP contribution in [0.1, 0.15) is 53.1 Å². The number of primary amides is 2. The minimum Gasteiger partial charge on any atom is -0.870 e. The Morgan fingerprint density at radius 2 is 1.08 bits per heavy atom. The van der Waals surface area contributed by atoms with E-state index in [0.29, 0.717) is 41.0 Å². The summed E-state index contributed by atoms with van der Waals surface area (Å²) in [5, 5.41) is 10.3. The summed E-state index contributed by atoms with van der Waals surface area (Å²) in [6.45, 7) is 1.24. The Morgan fingerprint density at radius 3 is 1.60 bits per heavy atom. The SMILES string of the molecule is CC(=O)O[C@@H](C(=O)O[C@H]1Cc2ccccc2N(C(N)=O)c2ccccc21)c1ccccc1.NC(=O)N1c2ccccc2C[C@H](O)c2ccccc21.[Na+].[OH-]. The van der Waals surface area contributed by atoms with Gasteiger partial charge in [-0.15, -0.1) is 0 Å². The molecule has 3 atom stereocenters. The Morgan fingerprint density at radius 1 is 0.642 bits per heavy atom. The Labute approximate surface area is 328 Å². The summed E-state index contributed by atoms with van der Waals surface area (Å²) in [5.74, 6) is -1.29. The Hall–Kier alpha value is -5.50. The molecule has 53 heavy (non-hydrogen) atoms. The van der Waals surface area contributed by atoms with Crippen molar-refractivity contribution in [3.63, 3.8) is 0 Å². The average molecular weight is 725 g/mol. The molecule has 0 radical (unpaired) electrons. The van der Waals surface area contributed by atoms with Crippen LogP contribution in [-0.2, 0) is 31.9 Å². The van der Waals surface area contributed by atoms with E-state index in [0.717, 1.165) is 22.4 Å². The maximum atomic E-state index is 13.2. The van der Waals surface area contributed by atoms with Crippen molar-refractivity contribution in [3.05, 3.63) is 155 Å². The van der Waals surface area contributed by atoms with Crippen LogP contribution >= 0.6 is 0 Å². The van der Waals surface area contributed by atoms with Crippen molar-refractivity contribution in [2.24, 2.45) is 11.5 Å². The number of amides is 4. The summed E-state index contributed by atoms with van der Waals surface area (Å²) in [6, 6.07) is 36.7. The van der Waals surface area contributed by atoms with Crippen LogP contribution in [0.25, 0.3) is 0 Å². The van der Waals surface area contributed by atoms with E-state index >= 15 is 0 Å². The molecule has 0 unspecified atom stereocenters. The van der Waals surface area contributed by atoms with E-state index < -0.39 is 42.3 Å². The van der Waals surface area contributed by atoms with Gasteiger partial charge in [0.2, 0.25) is 6.10 Å². The van der Waals surface area contributed by atoms with Crippen molar-refractivity contribution in [1.82, 2.24) is 0 Å². The summed E-state index contributed by atoms with van der Waals surface area (Å²) in [5.41, 5.74) is 17.3. The number of carbonyl (C=O) groups is 4. The van der Waals surface area contributed by atoms with Crippen molar-refractivity contribution >= 4 is 46.8 Å². The number of anilines is 4. The molecule has 0 bridgehead atoms. The van der Waals surface area contributed by atoms with E-state index in [1.165, 1.54) is 16.7 Å². The number of esters is 2. The minimum absolute atomic E-state index is 0. The van der Waals surface area contributed by atoms with Crippen molar-refractivity contribution < 1.29 is 68.8 Å². The normalized spacial score (nSPS) is 15.6. The van der Waals surface area contributed by atoms with Gasteiger partial charge < -0.3 is 31.5 Å². The quantitative estimate of drug-likeness (QED) is 0.184. The Bertz CT molecular complexity index is 2100. The van der Waals surface area contributed by atoms with Gasteiger partial charge in [0.05, 0.1) is 28.9 Å². The van der Waals surface area contributed by atoms with Crippen LogP contribution in [0.2, 0.25) is 0 Å². The second-order valence-corrected chi connectivity index (χ2v) is 12.0. The van der Waals surface area contributed by atoms with Crippen LogP contribution in [0.15, 0.2) is 127 Å². The predicted molar refractivity (Wildman–Crippen MR) is 193 cm³/mol. The topological polar surface area (TPSA) is 195 Å². The van der Waals surface area contributed by atoms with E-state index in [1.807, 2.05) is 60.7 Å². The summed E-state index contributed by atoms with van der Waals surface area (Å²) in [7, 11) is 0. The van der Waals surface area contributed by atoms with E-state index in [-0.39, 0.29) is 35.0 Å². The van der Waals surface area contributed by atoms with Gasteiger partial charge in [0, 0.05) is 36.5 Å². The van der Waals surface area contributed by atoms with E-state index in [9.17, 15) is 24.3 Å². The molecule has 7 rings (SSSR count). The van der Waals surface area contributed by atoms with E-state index in [2.05, 4.69) is 0 Å². The van der Waals surface area contributed by atoms with Crippen LogP contribution in [0.4, 0.5) is 32.3 Å². The van der Waals surface area contributed by atoms with Crippen molar-refractivity contribution in [2.45, 2.75) is 38.1 Å². The molecular formula is C40H37N4NaO8. The first-order chi connectivity index (χ1) is 24.6. The number of urea groups is 2. The van der Waals surface area contributed by atoms with Crippen LogP contribution in [-0.4, -0.2) is 34.6 Å². The summed E-state index contributed by atoms with van der Waals surface area (Å²) in [4.78, 5) is 51.9. The number of hydrogen-bond donors (Lipinski definition) is 3. The third-order valence-electron chi connectivity index (χ3n) is 8.64. The second-order valence-electron chi connectivity index (χ2n) is 12.0. The number of para-hydroxylation sites is 4. The van der Waals surface area contributed by atoms with Gasteiger partial charge in [0.15, 0.2) is 0 Å². The molecule has 0 fully saturated rings. The minimum atomic E-state index is -1.20. The fourth-order valence-electron chi connectivity index (χ4n) is 6.46. The van der Waals surface area contributed by atoms with Crippen LogP contribution in [0.5, 0.6) is 0 Å². The molecule has 12 nitrogen and oxygen atoms in total. The molecule has 0 spiro atoms. The number of carbonyl (C=O) groups excluding carboxylic acids is 4. The zero-order valence-electron chi connectivity index (χ0n) is 29.2. The fourth-order valence-corrected chi connectivity index (χ4v) is 6.46. The van der Waals surface area contributed by atoms with Crippen molar-refractivity contribution in [3.8, 4) is 0 Å². The molecule has 0 aromatic heterocycles. The molecule has 5 aromatic rings. The van der Waals surface area contributed by atoms with Crippen molar-refractivity contribution in [1.29, 1.82) is 0 Å². The average Bonchev–Trinajstić information content (AvgIpc) is 3.35. The first kappa shape index (κ1) is 40.3. The number of nitrogens with two attached hydrogens (primary N) is 2. The molecule has 0 saturated heterocycles. The van der Waals surface area contributed by atoms with Gasteiger partial charge in [-0.1, -0.05) is 103 Å². The molecule has 0 saturated carbocycles. The molecule has 6 N–H and O–H groups in total. The summed E-state index contributed by atoms with van der Waals surface area (Å²) < 4.78 is 11.2. The number of fused-ring (bicyclic) bond motifs is 4. The van der Waals surface area contributed by atoms with Gasteiger partial charge in [0.1, 0.15) is 6.10 Å². The van der Waals surface area contributed by atoms with Gasteiger partial charge in [-0.2, -0.15) is 0 Å². The monoisotopic (exact) mass is 724 g/mol. The molecule has 5 aromatic carbocycles.